The van der Waals surface area contributed by atoms with E-state index in [1.165, 1.54) is 0 Å². The maximum atomic E-state index is 5.25. The molecular weight excluding hydrogens is 340 g/mol. The van der Waals surface area contributed by atoms with Crippen LogP contribution in [0.15, 0.2) is 28.7 Å². The van der Waals surface area contributed by atoms with Crippen LogP contribution in [-0.4, -0.2) is 24.2 Å². The number of halogens is 1. The second kappa shape index (κ2) is 6.97. The van der Waals surface area contributed by atoms with E-state index in [1.54, 1.807) is 14.2 Å². The number of nitrogens with zero attached hydrogens (tertiary/aromatic N) is 1. The summed E-state index contributed by atoms with van der Waals surface area (Å²) < 4.78 is 11.7. The lowest BCUT2D eigenvalue weighted by atomic mass is 10.1. The number of aromatic amines is 1. The second-order valence-electron chi connectivity index (χ2n) is 4.24. The van der Waals surface area contributed by atoms with Gasteiger partial charge >= 0.3 is 0 Å². The number of nitrogens with one attached hydrogen (secondary N) is 1. The number of hydrogen-bond acceptors (Lipinski definition) is 4. The lowest BCUT2D eigenvalue weighted by molar-refractivity contribution is 0.180. The van der Waals surface area contributed by atoms with E-state index in [0.29, 0.717) is 17.7 Å². The molecule has 0 unspecified atom stereocenters. The van der Waals surface area contributed by atoms with E-state index in [-0.39, 0.29) is 0 Å². The van der Waals surface area contributed by atoms with Crippen LogP contribution < -0.4 is 4.74 Å². The van der Waals surface area contributed by atoms with Crippen molar-refractivity contribution < 1.29 is 9.47 Å². The van der Waals surface area contributed by atoms with Crippen molar-refractivity contribution in [3.63, 3.8) is 0 Å². The minimum absolute atomic E-state index is 0.456. The van der Waals surface area contributed by atoms with Gasteiger partial charge in [-0.1, -0.05) is 24.4 Å². The Bertz CT molecular complexity index is 658. The van der Waals surface area contributed by atoms with Crippen LogP contribution in [0.3, 0.4) is 0 Å². The molecule has 0 spiro atoms. The van der Waals surface area contributed by atoms with Crippen LogP contribution in [0.4, 0.5) is 0 Å². The molecule has 0 bridgehead atoms. The van der Waals surface area contributed by atoms with E-state index in [2.05, 4.69) is 25.9 Å². The van der Waals surface area contributed by atoms with Gasteiger partial charge < -0.3 is 14.5 Å². The molecule has 0 fully saturated rings. The molecule has 1 aromatic heterocycles. The van der Waals surface area contributed by atoms with Gasteiger partial charge in [0.05, 0.1) is 23.9 Å². The van der Waals surface area contributed by atoms with E-state index >= 15 is 0 Å². The van der Waals surface area contributed by atoms with Crippen LogP contribution in [0, 0.1) is 4.64 Å². The quantitative estimate of drug-likeness (QED) is 0.832. The summed E-state index contributed by atoms with van der Waals surface area (Å²) in [4.78, 5) is 7.63. The van der Waals surface area contributed by atoms with Crippen molar-refractivity contribution in [1.82, 2.24) is 9.97 Å². The van der Waals surface area contributed by atoms with Crippen molar-refractivity contribution >= 4 is 28.1 Å². The van der Waals surface area contributed by atoms with E-state index < -0.39 is 0 Å². The first-order chi connectivity index (χ1) is 9.63. The summed E-state index contributed by atoms with van der Waals surface area (Å²) in [5.41, 5.74) is 2.00. The van der Waals surface area contributed by atoms with Gasteiger partial charge in [-0.05, 0) is 33.6 Å². The summed E-state index contributed by atoms with van der Waals surface area (Å²) in [5.74, 6) is 1.63. The van der Waals surface area contributed by atoms with E-state index in [9.17, 15) is 0 Å². The molecule has 4 nitrogen and oxygen atoms in total. The smallest absolute Gasteiger partial charge is 0.144 e. The number of rotatable bonds is 5. The summed E-state index contributed by atoms with van der Waals surface area (Å²) in [7, 11) is 3.30. The third-order valence-corrected chi connectivity index (χ3v) is 4.19. The fourth-order valence-corrected chi connectivity index (χ4v) is 2.40. The van der Waals surface area contributed by atoms with Gasteiger partial charge in [0.1, 0.15) is 16.2 Å². The molecule has 0 atom stereocenters. The van der Waals surface area contributed by atoms with Gasteiger partial charge in [-0.2, -0.15) is 0 Å². The standard InChI is InChI=1S/C14H15BrN2O2S/c1-18-8-11-13(15)14(20)17-12(16-11)7-9-4-3-5-10(6-9)19-2/h3-6H,7-8H2,1-2H3,(H,16,17,20). The largest absolute Gasteiger partial charge is 0.497 e. The minimum Gasteiger partial charge on any atom is -0.497 e. The molecule has 20 heavy (non-hydrogen) atoms. The zero-order chi connectivity index (χ0) is 14.5. The molecular formula is C14H15BrN2O2S. The highest BCUT2D eigenvalue weighted by Crippen LogP contribution is 2.19. The molecule has 6 heteroatoms. The van der Waals surface area contributed by atoms with Gasteiger partial charge in [0.25, 0.3) is 0 Å². The predicted octanol–water partition coefficient (Wildman–Crippen LogP) is 3.65. The topological polar surface area (TPSA) is 47.1 Å². The molecule has 106 valence electrons. The molecule has 0 aliphatic rings. The highest BCUT2D eigenvalue weighted by molar-refractivity contribution is 9.10. The van der Waals surface area contributed by atoms with Gasteiger partial charge in [0, 0.05) is 13.5 Å². The zero-order valence-electron chi connectivity index (χ0n) is 11.3. The second-order valence-corrected chi connectivity index (χ2v) is 5.42. The average Bonchev–Trinajstić information content (AvgIpc) is 2.44. The molecule has 2 aromatic rings. The average molecular weight is 355 g/mol. The molecule has 0 saturated carbocycles. The minimum atomic E-state index is 0.456. The van der Waals surface area contributed by atoms with Crippen molar-refractivity contribution in [3.05, 3.63) is 50.5 Å². The van der Waals surface area contributed by atoms with E-state index in [0.717, 1.165) is 27.3 Å². The number of aromatic nitrogens is 2. The lowest BCUT2D eigenvalue weighted by Gasteiger charge is -2.08. The molecule has 2 rings (SSSR count). The van der Waals surface area contributed by atoms with E-state index in [1.807, 2.05) is 24.3 Å². The number of methoxy groups -OCH3 is 2. The highest BCUT2D eigenvalue weighted by atomic mass is 79.9. The molecule has 0 amide bonds. The van der Waals surface area contributed by atoms with Crippen LogP contribution in [0.5, 0.6) is 5.75 Å². The summed E-state index contributed by atoms with van der Waals surface area (Å²) >= 11 is 8.67. The van der Waals surface area contributed by atoms with Gasteiger partial charge in [-0.3, -0.25) is 0 Å². The summed E-state index contributed by atoms with van der Waals surface area (Å²) in [6.45, 7) is 0.456. The Labute approximate surface area is 131 Å². The molecule has 1 N–H and O–H groups in total. The van der Waals surface area contributed by atoms with Crippen molar-refractivity contribution in [3.8, 4) is 5.75 Å². The van der Waals surface area contributed by atoms with Crippen LogP contribution in [0.2, 0.25) is 0 Å². The first-order valence-corrected chi connectivity index (χ1v) is 7.23. The predicted molar refractivity (Wildman–Crippen MR) is 83.6 cm³/mol. The Hall–Kier alpha value is -1.24. The van der Waals surface area contributed by atoms with Crippen molar-refractivity contribution in [2.75, 3.05) is 14.2 Å². The Morgan fingerprint density at radius 1 is 1.35 bits per heavy atom. The monoisotopic (exact) mass is 354 g/mol. The van der Waals surface area contributed by atoms with Gasteiger partial charge in [0.2, 0.25) is 0 Å². The Kier molecular flexibility index (Phi) is 5.28. The van der Waals surface area contributed by atoms with Crippen molar-refractivity contribution in [2.45, 2.75) is 13.0 Å². The Morgan fingerprint density at radius 3 is 2.85 bits per heavy atom. The third-order valence-electron chi connectivity index (χ3n) is 2.78. The lowest BCUT2D eigenvalue weighted by Crippen LogP contribution is -2.03. The van der Waals surface area contributed by atoms with Gasteiger partial charge in [0.15, 0.2) is 0 Å². The molecule has 0 aliphatic heterocycles. The Morgan fingerprint density at radius 2 is 2.15 bits per heavy atom. The van der Waals surface area contributed by atoms with Gasteiger partial charge in [-0.15, -0.1) is 0 Å². The maximum absolute atomic E-state index is 5.25. The SMILES string of the molecule is COCc1[nH]c(Cc2cccc(OC)c2)nc(=S)c1Br. The van der Waals surface area contributed by atoms with Crippen LogP contribution >= 0.6 is 28.1 Å². The molecule has 0 saturated heterocycles. The molecule has 0 radical (unpaired) electrons. The summed E-state index contributed by atoms with van der Waals surface area (Å²) in [5, 5.41) is 0. The number of benzene rings is 1. The van der Waals surface area contributed by atoms with Crippen LogP contribution in [-0.2, 0) is 17.8 Å². The Balaban J connectivity index is 2.31. The number of hydrogen-bond donors (Lipinski definition) is 1. The molecule has 1 aromatic carbocycles. The maximum Gasteiger partial charge on any atom is 0.144 e. The normalized spacial score (nSPS) is 10.6. The summed E-state index contributed by atoms with van der Waals surface area (Å²) in [6.07, 6.45) is 0.658. The van der Waals surface area contributed by atoms with Gasteiger partial charge in [-0.25, -0.2) is 4.98 Å². The number of ether oxygens (including phenoxy) is 2. The first kappa shape index (κ1) is 15.2. The molecule has 1 heterocycles. The van der Waals surface area contributed by atoms with E-state index in [4.69, 9.17) is 21.7 Å². The van der Waals surface area contributed by atoms with Crippen molar-refractivity contribution in [1.29, 1.82) is 0 Å². The zero-order valence-corrected chi connectivity index (χ0v) is 13.7. The summed E-state index contributed by atoms with van der Waals surface area (Å²) in [6, 6.07) is 7.88. The molecule has 0 aliphatic carbocycles. The third kappa shape index (κ3) is 3.65. The fraction of sp³-hybridized carbons (Fsp3) is 0.286. The van der Waals surface area contributed by atoms with Crippen LogP contribution in [0.1, 0.15) is 17.1 Å². The van der Waals surface area contributed by atoms with Crippen molar-refractivity contribution in [2.24, 2.45) is 0 Å². The van der Waals surface area contributed by atoms with Crippen LogP contribution in [0.25, 0.3) is 0 Å². The fourth-order valence-electron chi connectivity index (χ4n) is 1.86. The first-order valence-electron chi connectivity index (χ1n) is 6.03. The number of H-pyrrole nitrogens is 1. The highest BCUT2D eigenvalue weighted by Gasteiger charge is 2.07.